The molecule has 2 aliphatic rings. The van der Waals surface area contributed by atoms with E-state index in [0.717, 1.165) is 38.5 Å². The van der Waals surface area contributed by atoms with Gasteiger partial charge in [0.1, 0.15) is 55.4 Å². The van der Waals surface area contributed by atoms with Gasteiger partial charge in [-0.2, -0.15) is 0 Å². The number of carbonyl (C=O) groups excluding carboxylic acids is 2. The number of carbonyl (C=O) groups is 2. The van der Waals surface area contributed by atoms with Gasteiger partial charge >= 0.3 is 11.9 Å². The lowest BCUT2D eigenvalue weighted by Gasteiger charge is -2.42. The predicted octanol–water partition coefficient (Wildman–Crippen LogP) is 5.26. The second-order valence-corrected chi connectivity index (χ2v) is 17.0. The number of ether oxygens (including phenoxy) is 6. The van der Waals surface area contributed by atoms with Crippen molar-refractivity contribution in [1.82, 2.24) is 0 Å². The van der Waals surface area contributed by atoms with Gasteiger partial charge in [0.2, 0.25) is 0 Å². The standard InChI is InChI=1S/C45H84O15/c1-3-5-7-9-11-13-15-17-19-21-23-25-27-36(47)55-30-33(58-37(48)28-26-24-22-20-18-16-14-12-10-8-6-4-2)31-56-44-43(54)41(52)39(50)35(60-44)32-57-45-42(53)40(51)38(49)34(29-46)59-45/h33-35,38-46,49-54H,3-32H2,1-2H3/t33-,34-,35-,38+,39+,40?,41?,42?,43?,44-,45+/m1/s1. The topological polar surface area (TPSA) is 231 Å². The largest absolute Gasteiger partial charge is 0.462 e. The molecule has 354 valence electrons. The second kappa shape index (κ2) is 34.0. The lowest BCUT2D eigenvalue weighted by atomic mass is 9.98. The Morgan fingerprint density at radius 2 is 0.850 bits per heavy atom. The molecule has 2 aliphatic heterocycles. The van der Waals surface area contributed by atoms with Gasteiger partial charge in [0.05, 0.1) is 19.8 Å². The molecule has 0 aromatic rings. The molecule has 0 spiro atoms. The van der Waals surface area contributed by atoms with E-state index in [1.807, 2.05) is 0 Å². The van der Waals surface area contributed by atoms with Gasteiger partial charge in [0, 0.05) is 12.8 Å². The molecule has 0 aromatic heterocycles. The first-order chi connectivity index (χ1) is 29.0. The molecule has 11 atom stereocenters. The van der Waals surface area contributed by atoms with Crippen molar-refractivity contribution in [3.05, 3.63) is 0 Å². The summed E-state index contributed by atoms with van der Waals surface area (Å²) in [6.45, 7) is 2.58. The minimum atomic E-state index is -1.76. The van der Waals surface area contributed by atoms with E-state index >= 15 is 0 Å². The van der Waals surface area contributed by atoms with Gasteiger partial charge in [-0.05, 0) is 12.8 Å². The van der Waals surface area contributed by atoms with Crippen LogP contribution in [0.2, 0.25) is 0 Å². The molecule has 2 rings (SSSR count). The first-order valence-electron chi connectivity index (χ1n) is 23.6. The molecule has 60 heavy (non-hydrogen) atoms. The van der Waals surface area contributed by atoms with Gasteiger partial charge in [-0.3, -0.25) is 9.59 Å². The molecule has 0 radical (unpaired) electrons. The summed E-state index contributed by atoms with van der Waals surface area (Å²) in [6, 6.07) is 0. The highest BCUT2D eigenvalue weighted by atomic mass is 16.7. The fraction of sp³-hybridized carbons (Fsp3) is 0.956. The van der Waals surface area contributed by atoms with E-state index in [0.29, 0.717) is 12.8 Å². The molecule has 0 amide bonds. The fourth-order valence-corrected chi connectivity index (χ4v) is 7.63. The van der Waals surface area contributed by atoms with Crippen LogP contribution in [0.15, 0.2) is 0 Å². The monoisotopic (exact) mass is 865 g/mol. The molecule has 0 saturated carbocycles. The molecular weight excluding hydrogens is 780 g/mol. The zero-order chi connectivity index (χ0) is 44.0. The minimum Gasteiger partial charge on any atom is -0.462 e. The number of aliphatic hydroxyl groups excluding tert-OH is 7. The van der Waals surface area contributed by atoms with Crippen LogP contribution >= 0.6 is 0 Å². The van der Waals surface area contributed by atoms with Crippen LogP contribution in [-0.2, 0) is 38.0 Å². The summed E-state index contributed by atoms with van der Waals surface area (Å²) in [6.07, 6.45) is 11.4. The summed E-state index contributed by atoms with van der Waals surface area (Å²) in [5.41, 5.74) is 0. The Kier molecular flexibility index (Phi) is 30.9. The second-order valence-electron chi connectivity index (χ2n) is 17.0. The summed E-state index contributed by atoms with van der Waals surface area (Å²) < 4.78 is 33.5. The predicted molar refractivity (Wildman–Crippen MR) is 225 cm³/mol. The lowest BCUT2D eigenvalue weighted by Crippen LogP contribution is -2.61. The van der Waals surface area contributed by atoms with E-state index in [1.54, 1.807) is 0 Å². The van der Waals surface area contributed by atoms with Crippen molar-refractivity contribution in [2.45, 2.75) is 248 Å². The number of hydrogen-bond acceptors (Lipinski definition) is 15. The van der Waals surface area contributed by atoms with Crippen LogP contribution in [0, 0.1) is 0 Å². The van der Waals surface area contributed by atoms with Crippen LogP contribution in [0.25, 0.3) is 0 Å². The third kappa shape index (κ3) is 22.7. The molecule has 2 saturated heterocycles. The zero-order valence-corrected chi connectivity index (χ0v) is 37.0. The van der Waals surface area contributed by atoms with E-state index < -0.39 is 92.7 Å². The highest BCUT2D eigenvalue weighted by Crippen LogP contribution is 2.26. The molecule has 4 unspecified atom stereocenters. The van der Waals surface area contributed by atoms with Gasteiger partial charge in [-0.25, -0.2) is 0 Å². The average Bonchev–Trinajstić information content (AvgIpc) is 3.24. The van der Waals surface area contributed by atoms with Crippen LogP contribution in [-0.4, -0.2) is 142 Å². The first-order valence-corrected chi connectivity index (χ1v) is 23.6. The Balaban J connectivity index is 1.84. The Labute approximate surface area is 359 Å². The molecule has 15 nitrogen and oxygen atoms in total. The number of rotatable bonds is 36. The maximum absolute atomic E-state index is 12.9. The summed E-state index contributed by atoms with van der Waals surface area (Å²) >= 11 is 0. The van der Waals surface area contributed by atoms with Gasteiger partial charge in [0.15, 0.2) is 18.7 Å². The molecule has 15 heteroatoms. The van der Waals surface area contributed by atoms with Crippen molar-refractivity contribution in [2.75, 3.05) is 26.4 Å². The highest BCUT2D eigenvalue weighted by Gasteiger charge is 2.47. The molecule has 0 bridgehead atoms. The Morgan fingerprint density at radius 3 is 1.30 bits per heavy atom. The maximum atomic E-state index is 12.9. The molecular formula is C45H84O15. The Bertz CT molecular complexity index is 1070. The van der Waals surface area contributed by atoms with E-state index in [2.05, 4.69) is 13.8 Å². The normalized spacial score (nSPS) is 27.5. The smallest absolute Gasteiger partial charge is 0.306 e. The Hall–Kier alpha value is -1.50. The number of aliphatic hydroxyl groups is 7. The van der Waals surface area contributed by atoms with Crippen molar-refractivity contribution >= 4 is 11.9 Å². The number of esters is 2. The summed E-state index contributed by atoms with van der Waals surface area (Å²) in [4.78, 5) is 25.6. The van der Waals surface area contributed by atoms with Gasteiger partial charge in [-0.15, -0.1) is 0 Å². The SMILES string of the molecule is CCCCCCCCCCCCCCC(=O)OC[C@H](CO[C@@H]1O[C@H](CO[C@H]2O[C@H](CO)[C@H](O)C(O)C2O)[C@H](O)C(O)C1O)OC(=O)CCCCCCCCCCCCCC. The number of unbranched alkanes of at least 4 members (excludes halogenated alkanes) is 22. The number of hydrogen-bond donors (Lipinski definition) is 7. The molecule has 2 heterocycles. The third-order valence-corrected chi connectivity index (χ3v) is 11.6. The van der Waals surface area contributed by atoms with Crippen LogP contribution in [0.5, 0.6) is 0 Å². The minimum absolute atomic E-state index is 0.172. The molecule has 0 aliphatic carbocycles. The third-order valence-electron chi connectivity index (χ3n) is 11.6. The summed E-state index contributed by atoms with van der Waals surface area (Å²) in [7, 11) is 0. The van der Waals surface area contributed by atoms with Crippen LogP contribution in [0.1, 0.15) is 181 Å². The van der Waals surface area contributed by atoms with Gasteiger partial charge in [-0.1, -0.05) is 155 Å². The Morgan fingerprint density at radius 1 is 0.467 bits per heavy atom. The van der Waals surface area contributed by atoms with Crippen LogP contribution < -0.4 is 0 Å². The summed E-state index contributed by atoms with van der Waals surface area (Å²) in [5, 5.41) is 71.8. The summed E-state index contributed by atoms with van der Waals surface area (Å²) in [5.74, 6) is -0.916. The first kappa shape index (κ1) is 54.6. The van der Waals surface area contributed by atoms with Crippen molar-refractivity contribution in [1.29, 1.82) is 0 Å². The molecule has 2 fully saturated rings. The maximum Gasteiger partial charge on any atom is 0.306 e. The van der Waals surface area contributed by atoms with Crippen LogP contribution in [0.3, 0.4) is 0 Å². The van der Waals surface area contributed by atoms with Crippen molar-refractivity contribution < 1.29 is 73.8 Å². The van der Waals surface area contributed by atoms with Crippen molar-refractivity contribution in [3.8, 4) is 0 Å². The average molecular weight is 865 g/mol. The lowest BCUT2D eigenvalue weighted by molar-refractivity contribution is -0.332. The fourth-order valence-electron chi connectivity index (χ4n) is 7.63. The zero-order valence-electron chi connectivity index (χ0n) is 37.0. The van der Waals surface area contributed by atoms with Gasteiger partial charge in [0.25, 0.3) is 0 Å². The quantitative estimate of drug-likeness (QED) is 0.0315. The molecule has 0 aromatic carbocycles. The molecule has 7 N–H and O–H groups in total. The van der Waals surface area contributed by atoms with E-state index in [9.17, 15) is 45.3 Å². The van der Waals surface area contributed by atoms with E-state index in [-0.39, 0.29) is 26.1 Å². The van der Waals surface area contributed by atoms with Gasteiger partial charge < -0.3 is 64.2 Å². The van der Waals surface area contributed by atoms with E-state index in [4.69, 9.17) is 28.4 Å². The van der Waals surface area contributed by atoms with Crippen LogP contribution in [0.4, 0.5) is 0 Å². The van der Waals surface area contributed by atoms with E-state index in [1.165, 1.54) is 103 Å². The highest BCUT2D eigenvalue weighted by molar-refractivity contribution is 5.70. The van der Waals surface area contributed by atoms with Crippen molar-refractivity contribution in [2.24, 2.45) is 0 Å². The van der Waals surface area contributed by atoms with Crippen molar-refractivity contribution in [3.63, 3.8) is 0 Å².